The standard InChI is InChI=1S/C16H22F3N3O2/c17-16(18,19)11-22-8-6-14(9-22)21-15(24)20-7-5-12-1-3-13(10-23)4-2-12/h1-4,14,23H,5-11H2,(H2,20,21,24). The maximum Gasteiger partial charge on any atom is 0.401 e. The number of hydrogen-bond donors (Lipinski definition) is 3. The molecule has 1 fully saturated rings. The number of benzene rings is 1. The molecule has 1 aliphatic rings. The van der Waals surface area contributed by atoms with E-state index < -0.39 is 12.7 Å². The Kier molecular flexibility index (Phi) is 6.44. The van der Waals surface area contributed by atoms with Gasteiger partial charge in [-0.05, 0) is 24.0 Å². The number of nitrogens with zero attached hydrogens (tertiary/aromatic N) is 1. The Morgan fingerprint density at radius 2 is 1.92 bits per heavy atom. The fourth-order valence-corrected chi connectivity index (χ4v) is 2.72. The summed E-state index contributed by atoms with van der Waals surface area (Å²) in [5.41, 5.74) is 1.86. The zero-order valence-corrected chi connectivity index (χ0v) is 13.3. The van der Waals surface area contributed by atoms with Crippen molar-refractivity contribution in [3.05, 3.63) is 35.4 Å². The first kappa shape index (κ1) is 18.5. The average molecular weight is 345 g/mol. The van der Waals surface area contributed by atoms with E-state index >= 15 is 0 Å². The van der Waals surface area contributed by atoms with Crippen LogP contribution in [0, 0.1) is 0 Å². The van der Waals surface area contributed by atoms with Gasteiger partial charge < -0.3 is 15.7 Å². The lowest BCUT2D eigenvalue weighted by Gasteiger charge is -2.18. The van der Waals surface area contributed by atoms with Crippen molar-refractivity contribution >= 4 is 6.03 Å². The summed E-state index contributed by atoms with van der Waals surface area (Å²) < 4.78 is 37.0. The third-order valence-corrected chi connectivity index (χ3v) is 3.92. The quantitative estimate of drug-likeness (QED) is 0.735. The van der Waals surface area contributed by atoms with E-state index in [4.69, 9.17) is 5.11 Å². The lowest BCUT2D eigenvalue weighted by Crippen LogP contribution is -2.44. The van der Waals surface area contributed by atoms with E-state index in [1.807, 2.05) is 24.3 Å². The highest BCUT2D eigenvalue weighted by Gasteiger charge is 2.34. The van der Waals surface area contributed by atoms with Crippen LogP contribution in [0.3, 0.4) is 0 Å². The van der Waals surface area contributed by atoms with Crippen LogP contribution in [0.5, 0.6) is 0 Å². The van der Waals surface area contributed by atoms with Crippen LogP contribution in [0.4, 0.5) is 18.0 Å². The van der Waals surface area contributed by atoms with Gasteiger partial charge in [0.15, 0.2) is 0 Å². The number of halogens is 3. The third kappa shape index (κ3) is 6.37. The second-order valence-corrected chi connectivity index (χ2v) is 5.96. The van der Waals surface area contributed by atoms with Gasteiger partial charge in [-0.15, -0.1) is 0 Å². The minimum Gasteiger partial charge on any atom is -0.392 e. The smallest absolute Gasteiger partial charge is 0.392 e. The summed E-state index contributed by atoms with van der Waals surface area (Å²) in [5.74, 6) is 0. The first-order chi connectivity index (χ1) is 11.4. The molecule has 0 saturated carbocycles. The molecule has 0 bridgehead atoms. The Hall–Kier alpha value is -1.80. The van der Waals surface area contributed by atoms with Crippen molar-refractivity contribution in [3.8, 4) is 0 Å². The molecule has 5 nitrogen and oxygen atoms in total. The number of aliphatic hydroxyl groups is 1. The SMILES string of the molecule is O=C(NCCc1ccc(CO)cc1)NC1CCN(CC(F)(F)F)C1. The van der Waals surface area contributed by atoms with E-state index in [1.165, 1.54) is 4.90 Å². The third-order valence-electron chi connectivity index (χ3n) is 3.92. The van der Waals surface area contributed by atoms with Gasteiger partial charge >= 0.3 is 12.2 Å². The van der Waals surface area contributed by atoms with Gasteiger partial charge in [0.25, 0.3) is 0 Å². The van der Waals surface area contributed by atoms with E-state index in [0.717, 1.165) is 11.1 Å². The number of carbonyl (C=O) groups excluding carboxylic acids is 1. The van der Waals surface area contributed by atoms with Gasteiger partial charge in [0, 0.05) is 25.7 Å². The lowest BCUT2D eigenvalue weighted by atomic mass is 10.1. The van der Waals surface area contributed by atoms with Crippen molar-refractivity contribution in [3.63, 3.8) is 0 Å². The first-order valence-corrected chi connectivity index (χ1v) is 7.88. The molecule has 0 spiro atoms. The normalized spacial score (nSPS) is 18.6. The first-order valence-electron chi connectivity index (χ1n) is 7.88. The molecular formula is C16H22F3N3O2. The Morgan fingerprint density at radius 3 is 2.54 bits per heavy atom. The summed E-state index contributed by atoms with van der Waals surface area (Å²) in [7, 11) is 0. The molecule has 1 atom stereocenters. The number of alkyl halides is 3. The van der Waals surface area contributed by atoms with Gasteiger partial charge in [-0.2, -0.15) is 13.2 Å². The minimum absolute atomic E-state index is 0.00627. The second-order valence-electron chi connectivity index (χ2n) is 5.96. The van der Waals surface area contributed by atoms with Crippen LogP contribution < -0.4 is 10.6 Å². The Bertz CT molecular complexity index is 534. The molecular weight excluding hydrogens is 323 g/mol. The van der Waals surface area contributed by atoms with Crippen LogP contribution >= 0.6 is 0 Å². The maximum atomic E-state index is 12.3. The number of aliphatic hydroxyl groups excluding tert-OH is 1. The molecule has 8 heteroatoms. The van der Waals surface area contributed by atoms with Gasteiger partial charge in [-0.1, -0.05) is 24.3 Å². The Morgan fingerprint density at radius 1 is 1.25 bits per heavy atom. The summed E-state index contributed by atoms with van der Waals surface area (Å²) in [5, 5.41) is 14.4. The monoisotopic (exact) mass is 345 g/mol. The summed E-state index contributed by atoms with van der Waals surface area (Å²) in [4.78, 5) is 13.1. The highest BCUT2D eigenvalue weighted by molar-refractivity contribution is 5.74. The topological polar surface area (TPSA) is 64.6 Å². The summed E-state index contributed by atoms with van der Waals surface area (Å²) in [6.07, 6.45) is -3.04. The molecule has 134 valence electrons. The average Bonchev–Trinajstić information content (AvgIpc) is 2.92. The molecule has 0 radical (unpaired) electrons. The van der Waals surface area contributed by atoms with Gasteiger partial charge in [0.1, 0.15) is 0 Å². The Labute approximate surface area is 138 Å². The molecule has 1 aliphatic heterocycles. The van der Waals surface area contributed by atoms with Crippen LogP contribution in [0.1, 0.15) is 17.5 Å². The van der Waals surface area contributed by atoms with Crippen molar-refractivity contribution < 1.29 is 23.1 Å². The van der Waals surface area contributed by atoms with E-state index in [-0.39, 0.29) is 25.2 Å². The molecule has 2 rings (SSSR count). The fourth-order valence-electron chi connectivity index (χ4n) is 2.72. The van der Waals surface area contributed by atoms with Crippen LogP contribution in [-0.4, -0.2) is 54.4 Å². The maximum absolute atomic E-state index is 12.3. The van der Waals surface area contributed by atoms with Crippen LogP contribution in [0.25, 0.3) is 0 Å². The van der Waals surface area contributed by atoms with Crippen molar-refractivity contribution in [1.29, 1.82) is 0 Å². The summed E-state index contributed by atoms with van der Waals surface area (Å²) in [6.45, 7) is 0.0464. The number of amides is 2. The summed E-state index contributed by atoms with van der Waals surface area (Å²) >= 11 is 0. The van der Waals surface area contributed by atoms with Crippen molar-refractivity contribution in [1.82, 2.24) is 15.5 Å². The molecule has 1 aromatic carbocycles. The van der Waals surface area contributed by atoms with E-state index in [9.17, 15) is 18.0 Å². The number of nitrogens with one attached hydrogen (secondary N) is 2. The zero-order chi connectivity index (χ0) is 17.6. The molecule has 0 aliphatic carbocycles. The number of hydrogen-bond acceptors (Lipinski definition) is 3. The van der Waals surface area contributed by atoms with E-state index in [2.05, 4.69) is 10.6 Å². The van der Waals surface area contributed by atoms with E-state index in [0.29, 0.717) is 25.9 Å². The molecule has 24 heavy (non-hydrogen) atoms. The fraction of sp³-hybridized carbons (Fsp3) is 0.562. The predicted molar refractivity (Wildman–Crippen MR) is 83.5 cm³/mol. The van der Waals surface area contributed by atoms with Gasteiger partial charge in [-0.25, -0.2) is 4.79 Å². The number of carbonyl (C=O) groups is 1. The van der Waals surface area contributed by atoms with E-state index in [1.54, 1.807) is 0 Å². The van der Waals surface area contributed by atoms with Crippen LogP contribution in [0.2, 0.25) is 0 Å². The van der Waals surface area contributed by atoms with Crippen molar-refractivity contribution in [2.45, 2.75) is 31.7 Å². The van der Waals surface area contributed by atoms with Crippen LogP contribution in [-0.2, 0) is 13.0 Å². The Balaban J connectivity index is 1.64. The minimum atomic E-state index is -4.21. The van der Waals surface area contributed by atoms with Crippen molar-refractivity contribution in [2.24, 2.45) is 0 Å². The second kappa shape index (κ2) is 8.34. The highest BCUT2D eigenvalue weighted by atomic mass is 19.4. The zero-order valence-electron chi connectivity index (χ0n) is 13.3. The van der Waals surface area contributed by atoms with Crippen LogP contribution in [0.15, 0.2) is 24.3 Å². The predicted octanol–water partition coefficient (Wildman–Crippen LogP) is 1.66. The van der Waals surface area contributed by atoms with Gasteiger partial charge in [0.05, 0.1) is 13.2 Å². The molecule has 1 unspecified atom stereocenters. The lowest BCUT2D eigenvalue weighted by molar-refractivity contribution is -0.143. The molecule has 3 N–H and O–H groups in total. The molecule has 1 heterocycles. The largest absolute Gasteiger partial charge is 0.401 e. The molecule has 1 aromatic rings. The van der Waals surface area contributed by atoms with Gasteiger partial charge in [0.2, 0.25) is 0 Å². The number of urea groups is 1. The molecule has 0 aromatic heterocycles. The molecule has 1 saturated heterocycles. The molecule has 2 amide bonds. The number of rotatable bonds is 6. The van der Waals surface area contributed by atoms with Gasteiger partial charge in [-0.3, -0.25) is 4.90 Å². The number of likely N-dealkylation sites (tertiary alicyclic amines) is 1. The van der Waals surface area contributed by atoms with Crippen molar-refractivity contribution in [2.75, 3.05) is 26.2 Å². The highest BCUT2D eigenvalue weighted by Crippen LogP contribution is 2.19. The summed E-state index contributed by atoms with van der Waals surface area (Å²) in [6, 6.07) is 6.80.